The lowest BCUT2D eigenvalue weighted by Gasteiger charge is -2.33. The molecule has 0 fully saturated rings. The van der Waals surface area contributed by atoms with E-state index in [0.717, 1.165) is 0 Å². The maximum atomic E-state index is 13.1. The molecule has 0 bridgehead atoms. The summed E-state index contributed by atoms with van der Waals surface area (Å²) in [5.74, 6) is -0.700. The lowest BCUT2D eigenvalue weighted by atomic mass is 10.1. The summed E-state index contributed by atoms with van der Waals surface area (Å²) in [5.41, 5.74) is 1.15. The molecule has 1 aliphatic rings. The van der Waals surface area contributed by atoms with Crippen molar-refractivity contribution in [2.75, 3.05) is 18.6 Å². The van der Waals surface area contributed by atoms with Gasteiger partial charge in [-0.1, -0.05) is 17.3 Å². The quantitative estimate of drug-likeness (QED) is 0.648. The van der Waals surface area contributed by atoms with Crippen LogP contribution < -0.4 is 9.64 Å². The molecule has 0 N–H and O–H groups in total. The lowest BCUT2D eigenvalue weighted by Crippen LogP contribution is -2.47. The number of aromatic nitrogens is 1. The number of methoxy groups -OCH3 is 1. The molecule has 0 saturated heterocycles. The number of fused-ring (bicyclic) bond motifs is 1. The molecule has 1 unspecified atom stereocenters. The summed E-state index contributed by atoms with van der Waals surface area (Å²) in [4.78, 5) is 26.4. The van der Waals surface area contributed by atoms with Crippen LogP contribution >= 0.6 is 0 Å². The van der Waals surface area contributed by atoms with Crippen LogP contribution in [-0.2, 0) is 9.53 Å². The number of hydrogen-bond acceptors (Lipinski definition) is 6. The Balaban J connectivity index is 1.65. The third-order valence-corrected chi connectivity index (χ3v) is 4.34. The Morgan fingerprint density at radius 2 is 1.93 bits per heavy atom. The van der Waals surface area contributed by atoms with Gasteiger partial charge in [0.05, 0.1) is 19.3 Å². The molecule has 0 aliphatic carbocycles. The average Bonchev–Trinajstić information content (AvgIpc) is 3.22. The monoisotopic (exact) mass is 382 g/mol. The van der Waals surface area contributed by atoms with Crippen LogP contribution in [0, 0.1) is 5.82 Å². The maximum absolute atomic E-state index is 13.1. The number of carbonyl (C=O) groups excluding carboxylic acids is 2. The van der Waals surface area contributed by atoms with Crippen LogP contribution in [-0.4, -0.2) is 36.8 Å². The fourth-order valence-corrected chi connectivity index (χ4v) is 2.95. The molecule has 4 rings (SSSR count). The van der Waals surface area contributed by atoms with E-state index < -0.39 is 18.0 Å². The van der Waals surface area contributed by atoms with Gasteiger partial charge in [0.2, 0.25) is 6.10 Å². The highest BCUT2D eigenvalue weighted by atomic mass is 19.1. The highest BCUT2D eigenvalue weighted by Crippen LogP contribution is 2.34. The Kier molecular flexibility index (Phi) is 4.52. The van der Waals surface area contributed by atoms with Gasteiger partial charge in [-0.3, -0.25) is 9.69 Å². The minimum absolute atomic E-state index is 0.0265. The third-order valence-electron chi connectivity index (χ3n) is 4.34. The minimum Gasteiger partial charge on any atom is -0.475 e. The summed E-state index contributed by atoms with van der Waals surface area (Å²) < 4.78 is 28.7. The molecule has 1 amide bonds. The second-order valence-electron chi connectivity index (χ2n) is 6.10. The maximum Gasteiger partial charge on any atom is 0.348 e. The number of nitrogens with zero attached hydrogens (tertiary/aromatic N) is 2. The van der Waals surface area contributed by atoms with Crippen molar-refractivity contribution in [2.24, 2.45) is 0 Å². The summed E-state index contributed by atoms with van der Waals surface area (Å²) in [6, 6.07) is 14.0. The molecular weight excluding hydrogens is 367 g/mol. The number of rotatable bonds is 3. The number of benzene rings is 2. The normalized spacial score (nSPS) is 15.5. The average molecular weight is 382 g/mol. The number of para-hydroxylation sites is 2. The first-order valence-corrected chi connectivity index (χ1v) is 8.45. The van der Waals surface area contributed by atoms with E-state index in [1.54, 1.807) is 24.3 Å². The van der Waals surface area contributed by atoms with Crippen LogP contribution in [0.3, 0.4) is 0 Å². The number of esters is 1. The fraction of sp³-hybridized carbons (Fsp3) is 0.150. The van der Waals surface area contributed by atoms with Gasteiger partial charge in [-0.25, -0.2) is 9.18 Å². The predicted octanol–water partition coefficient (Wildman–Crippen LogP) is 3.06. The van der Waals surface area contributed by atoms with Gasteiger partial charge in [-0.05, 0) is 36.4 Å². The van der Waals surface area contributed by atoms with Gasteiger partial charge in [0, 0.05) is 11.6 Å². The van der Waals surface area contributed by atoms with Crippen LogP contribution in [0.15, 0.2) is 59.1 Å². The van der Waals surface area contributed by atoms with Crippen LogP contribution in [0.4, 0.5) is 10.1 Å². The second kappa shape index (κ2) is 7.15. The van der Waals surface area contributed by atoms with Gasteiger partial charge >= 0.3 is 5.97 Å². The van der Waals surface area contributed by atoms with Gasteiger partial charge < -0.3 is 14.0 Å². The Labute approximate surface area is 159 Å². The zero-order valence-corrected chi connectivity index (χ0v) is 14.8. The van der Waals surface area contributed by atoms with Gasteiger partial charge in [-0.2, -0.15) is 0 Å². The highest BCUT2D eigenvalue weighted by Gasteiger charge is 2.35. The molecule has 7 nitrogen and oxygen atoms in total. The Bertz CT molecular complexity index is 1030. The topological polar surface area (TPSA) is 81.9 Å². The van der Waals surface area contributed by atoms with E-state index in [2.05, 4.69) is 5.16 Å². The van der Waals surface area contributed by atoms with E-state index in [1.165, 1.54) is 42.3 Å². The van der Waals surface area contributed by atoms with Crippen molar-refractivity contribution in [3.63, 3.8) is 0 Å². The lowest BCUT2D eigenvalue weighted by molar-refractivity contribution is -0.148. The zero-order chi connectivity index (χ0) is 19.7. The van der Waals surface area contributed by atoms with E-state index in [4.69, 9.17) is 14.0 Å². The van der Waals surface area contributed by atoms with Crippen molar-refractivity contribution in [1.82, 2.24) is 5.16 Å². The highest BCUT2D eigenvalue weighted by molar-refractivity contribution is 6.07. The number of anilines is 1. The summed E-state index contributed by atoms with van der Waals surface area (Å²) >= 11 is 0. The van der Waals surface area contributed by atoms with Gasteiger partial charge in [0.15, 0.2) is 11.5 Å². The van der Waals surface area contributed by atoms with E-state index in [1.807, 2.05) is 0 Å². The minimum atomic E-state index is -0.952. The molecule has 2 aromatic carbocycles. The molecule has 1 aliphatic heterocycles. The molecular formula is C20H15FN2O5. The molecule has 142 valence electrons. The van der Waals surface area contributed by atoms with Crippen molar-refractivity contribution in [1.29, 1.82) is 0 Å². The Morgan fingerprint density at radius 1 is 1.18 bits per heavy atom. The van der Waals surface area contributed by atoms with Crippen LogP contribution in [0.1, 0.15) is 10.5 Å². The van der Waals surface area contributed by atoms with E-state index in [9.17, 15) is 14.0 Å². The number of carbonyl (C=O) groups is 2. The molecule has 2 heterocycles. The molecule has 1 aromatic heterocycles. The molecule has 0 spiro atoms. The summed E-state index contributed by atoms with van der Waals surface area (Å²) in [5, 5.41) is 3.84. The number of halogens is 1. The van der Waals surface area contributed by atoms with Crippen LogP contribution in [0.25, 0.3) is 11.3 Å². The molecule has 1 atom stereocenters. The molecule has 3 aromatic rings. The molecule has 0 saturated carbocycles. The Hall–Kier alpha value is -3.68. The standard InChI is InChI=1S/C20H15FN2O5/c1-26-20(25)18-11-23(15-4-2-3-5-16(15)27-18)19(24)14-10-17(28-22-14)12-6-8-13(21)9-7-12/h2-10,18H,11H2,1H3. The smallest absolute Gasteiger partial charge is 0.348 e. The SMILES string of the molecule is COC(=O)C1CN(C(=O)c2cc(-c3ccc(F)cc3)on2)c2ccccc2O1. The van der Waals surface area contributed by atoms with Crippen molar-refractivity contribution >= 4 is 17.6 Å². The number of amides is 1. The van der Waals surface area contributed by atoms with Crippen molar-refractivity contribution < 1.29 is 28.0 Å². The first-order chi connectivity index (χ1) is 13.6. The van der Waals surface area contributed by atoms with Gasteiger partial charge in [0.1, 0.15) is 11.6 Å². The molecule has 0 radical (unpaired) electrons. The van der Waals surface area contributed by atoms with E-state index in [-0.39, 0.29) is 18.1 Å². The van der Waals surface area contributed by atoms with Crippen molar-refractivity contribution in [3.8, 4) is 17.1 Å². The number of hydrogen-bond donors (Lipinski definition) is 0. The van der Waals surface area contributed by atoms with Crippen LogP contribution in [0.5, 0.6) is 5.75 Å². The molecule has 8 heteroatoms. The van der Waals surface area contributed by atoms with Crippen LogP contribution in [0.2, 0.25) is 0 Å². The fourth-order valence-electron chi connectivity index (χ4n) is 2.95. The van der Waals surface area contributed by atoms with Gasteiger partial charge in [-0.15, -0.1) is 0 Å². The van der Waals surface area contributed by atoms with Crippen molar-refractivity contribution in [2.45, 2.75) is 6.10 Å². The predicted molar refractivity (Wildman–Crippen MR) is 96.4 cm³/mol. The van der Waals surface area contributed by atoms with Crippen molar-refractivity contribution in [3.05, 3.63) is 66.1 Å². The summed E-state index contributed by atoms with van der Waals surface area (Å²) in [6.45, 7) is -0.0265. The van der Waals surface area contributed by atoms with E-state index in [0.29, 0.717) is 22.8 Å². The summed E-state index contributed by atoms with van der Waals surface area (Å²) in [7, 11) is 1.25. The molecule has 28 heavy (non-hydrogen) atoms. The third kappa shape index (κ3) is 3.20. The first kappa shape index (κ1) is 17.7. The first-order valence-electron chi connectivity index (χ1n) is 8.45. The Morgan fingerprint density at radius 3 is 2.68 bits per heavy atom. The van der Waals surface area contributed by atoms with E-state index >= 15 is 0 Å². The summed E-state index contributed by atoms with van der Waals surface area (Å²) in [6.07, 6.45) is -0.952. The van der Waals surface area contributed by atoms with Gasteiger partial charge in [0.25, 0.3) is 5.91 Å². The number of ether oxygens (including phenoxy) is 2. The second-order valence-corrected chi connectivity index (χ2v) is 6.10. The largest absolute Gasteiger partial charge is 0.475 e. The zero-order valence-electron chi connectivity index (χ0n) is 14.8.